The maximum atomic E-state index is 11.9. The fourth-order valence-electron chi connectivity index (χ4n) is 2.15. The van der Waals surface area contributed by atoms with Crippen molar-refractivity contribution in [2.45, 2.75) is 59.1 Å². The van der Waals surface area contributed by atoms with Crippen molar-refractivity contribution in [2.75, 3.05) is 6.54 Å². The summed E-state index contributed by atoms with van der Waals surface area (Å²) < 4.78 is 5.27. The van der Waals surface area contributed by atoms with Crippen molar-refractivity contribution < 1.29 is 9.53 Å². The van der Waals surface area contributed by atoms with Crippen LogP contribution in [-0.2, 0) is 4.74 Å². The summed E-state index contributed by atoms with van der Waals surface area (Å²) in [6.45, 7) is 11.1. The molecule has 1 atom stereocenters. The van der Waals surface area contributed by atoms with Crippen LogP contribution >= 0.6 is 0 Å². The summed E-state index contributed by atoms with van der Waals surface area (Å²) in [7, 11) is 0. The lowest BCUT2D eigenvalue weighted by atomic mass is 9.86. The number of amides is 1. The number of carbonyl (C=O) groups is 1. The van der Waals surface area contributed by atoms with Crippen LogP contribution in [0.3, 0.4) is 0 Å². The molecular weight excluding hydrogens is 190 g/mol. The maximum Gasteiger partial charge on any atom is 0.410 e. The van der Waals surface area contributed by atoms with Crippen molar-refractivity contribution in [1.82, 2.24) is 4.90 Å². The summed E-state index contributed by atoms with van der Waals surface area (Å²) in [6, 6.07) is 0. The molecule has 3 heteroatoms. The third kappa shape index (κ3) is 2.44. The Labute approximate surface area is 92.8 Å². The van der Waals surface area contributed by atoms with Crippen LogP contribution in [0, 0.1) is 5.92 Å². The van der Waals surface area contributed by atoms with E-state index in [0.717, 1.165) is 19.4 Å². The van der Waals surface area contributed by atoms with Gasteiger partial charge in [0.1, 0.15) is 0 Å². The standard InChI is InChI=1S/C12H23NO2/c1-9(2)12(5)7-6-8-13(12)11(14)15-10(3)4/h9-10H,6-8H2,1-5H3/t12-/m0/s1. The molecule has 15 heavy (non-hydrogen) atoms. The van der Waals surface area contributed by atoms with E-state index in [1.165, 1.54) is 0 Å². The molecule has 1 aliphatic heterocycles. The van der Waals surface area contributed by atoms with Crippen LogP contribution in [0.4, 0.5) is 4.79 Å². The highest BCUT2D eigenvalue weighted by molar-refractivity contribution is 5.69. The zero-order chi connectivity index (χ0) is 11.6. The number of rotatable bonds is 2. The third-order valence-corrected chi connectivity index (χ3v) is 3.48. The van der Waals surface area contributed by atoms with Crippen LogP contribution in [0.25, 0.3) is 0 Å². The average Bonchev–Trinajstić information content (AvgIpc) is 2.47. The van der Waals surface area contributed by atoms with Gasteiger partial charge in [-0.05, 0) is 39.5 Å². The normalized spacial score (nSPS) is 26.5. The van der Waals surface area contributed by atoms with Gasteiger partial charge in [-0.3, -0.25) is 0 Å². The first kappa shape index (κ1) is 12.3. The molecule has 1 aliphatic rings. The molecule has 1 rings (SSSR count). The lowest BCUT2D eigenvalue weighted by Crippen LogP contribution is -2.49. The van der Waals surface area contributed by atoms with Crippen LogP contribution in [0.1, 0.15) is 47.5 Å². The Hall–Kier alpha value is -0.730. The predicted octanol–water partition coefficient (Wildman–Crippen LogP) is 3.04. The van der Waals surface area contributed by atoms with E-state index in [-0.39, 0.29) is 17.7 Å². The molecule has 0 aliphatic carbocycles. The van der Waals surface area contributed by atoms with Gasteiger partial charge >= 0.3 is 6.09 Å². The van der Waals surface area contributed by atoms with Crippen molar-refractivity contribution in [1.29, 1.82) is 0 Å². The molecule has 0 spiro atoms. The average molecular weight is 213 g/mol. The molecule has 88 valence electrons. The second kappa shape index (κ2) is 4.42. The first-order valence-electron chi connectivity index (χ1n) is 5.86. The van der Waals surface area contributed by atoms with Gasteiger partial charge in [0.2, 0.25) is 0 Å². The first-order chi connectivity index (χ1) is 6.88. The summed E-state index contributed by atoms with van der Waals surface area (Å²) in [4.78, 5) is 13.8. The van der Waals surface area contributed by atoms with Crippen LogP contribution in [-0.4, -0.2) is 29.2 Å². The quantitative estimate of drug-likeness (QED) is 0.705. The Balaban J connectivity index is 2.72. The van der Waals surface area contributed by atoms with E-state index in [0.29, 0.717) is 5.92 Å². The van der Waals surface area contributed by atoms with E-state index in [1.54, 1.807) is 0 Å². The number of hydrogen-bond donors (Lipinski definition) is 0. The molecule has 0 aromatic heterocycles. The molecule has 1 fully saturated rings. The monoisotopic (exact) mass is 213 g/mol. The van der Waals surface area contributed by atoms with Crippen LogP contribution in [0.5, 0.6) is 0 Å². The van der Waals surface area contributed by atoms with Gasteiger partial charge in [0, 0.05) is 12.1 Å². The highest BCUT2D eigenvalue weighted by atomic mass is 16.6. The summed E-state index contributed by atoms with van der Waals surface area (Å²) in [6.07, 6.45) is 1.98. The smallest absolute Gasteiger partial charge is 0.410 e. The van der Waals surface area contributed by atoms with Gasteiger partial charge < -0.3 is 9.64 Å². The molecule has 0 N–H and O–H groups in total. The van der Waals surface area contributed by atoms with Gasteiger partial charge in [0.15, 0.2) is 0 Å². The molecule has 0 radical (unpaired) electrons. The molecule has 0 bridgehead atoms. The topological polar surface area (TPSA) is 29.5 Å². The third-order valence-electron chi connectivity index (χ3n) is 3.48. The molecule has 0 aromatic carbocycles. The summed E-state index contributed by atoms with van der Waals surface area (Å²) in [5.41, 5.74) is -0.0219. The zero-order valence-corrected chi connectivity index (χ0v) is 10.5. The minimum absolute atomic E-state index is 0.0219. The Kier molecular flexibility index (Phi) is 3.63. The first-order valence-corrected chi connectivity index (χ1v) is 5.86. The van der Waals surface area contributed by atoms with E-state index in [1.807, 2.05) is 18.7 Å². The van der Waals surface area contributed by atoms with E-state index in [4.69, 9.17) is 4.74 Å². The summed E-state index contributed by atoms with van der Waals surface area (Å²) in [5, 5.41) is 0. The van der Waals surface area contributed by atoms with Crippen molar-refractivity contribution >= 4 is 6.09 Å². The Morgan fingerprint density at radius 1 is 1.33 bits per heavy atom. The number of hydrogen-bond acceptors (Lipinski definition) is 2. The summed E-state index contributed by atoms with van der Waals surface area (Å²) in [5.74, 6) is 0.472. The Morgan fingerprint density at radius 3 is 2.40 bits per heavy atom. The number of carbonyl (C=O) groups excluding carboxylic acids is 1. The van der Waals surface area contributed by atoms with Gasteiger partial charge in [-0.2, -0.15) is 0 Å². The van der Waals surface area contributed by atoms with Gasteiger partial charge in [-0.25, -0.2) is 4.79 Å². The molecular formula is C12H23NO2. The van der Waals surface area contributed by atoms with E-state index < -0.39 is 0 Å². The molecule has 0 unspecified atom stereocenters. The van der Waals surface area contributed by atoms with E-state index in [9.17, 15) is 4.79 Å². The number of likely N-dealkylation sites (tertiary alicyclic amines) is 1. The fourth-order valence-corrected chi connectivity index (χ4v) is 2.15. The molecule has 3 nitrogen and oxygen atoms in total. The van der Waals surface area contributed by atoms with Crippen LogP contribution in [0.15, 0.2) is 0 Å². The van der Waals surface area contributed by atoms with Gasteiger partial charge in [-0.15, -0.1) is 0 Å². The van der Waals surface area contributed by atoms with Crippen LogP contribution in [0.2, 0.25) is 0 Å². The van der Waals surface area contributed by atoms with Crippen molar-refractivity contribution in [3.05, 3.63) is 0 Å². The molecule has 0 aromatic rings. The maximum absolute atomic E-state index is 11.9. The highest BCUT2D eigenvalue weighted by Gasteiger charge is 2.42. The van der Waals surface area contributed by atoms with Gasteiger partial charge in [0.25, 0.3) is 0 Å². The number of nitrogens with zero attached hydrogens (tertiary/aromatic N) is 1. The Morgan fingerprint density at radius 2 is 1.93 bits per heavy atom. The van der Waals surface area contributed by atoms with E-state index in [2.05, 4.69) is 20.8 Å². The lowest BCUT2D eigenvalue weighted by molar-refractivity contribution is 0.0409. The molecule has 1 saturated heterocycles. The minimum atomic E-state index is -0.154. The van der Waals surface area contributed by atoms with Crippen LogP contribution < -0.4 is 0 Å². The Bertz CT molecular complexity index is 238. The second-order valence-electron chi connectivity index (χ2n) is 5.20. The highest BCUT2D eigenvalue weighted by Crippen LogP contribution is 2.35. The largest absolute Gasteiger partial charge is 0.447 e. The zero-order valence-electron chi connectivity index (χ0n) is 10.5. The lowest BCUT2D eigenvalue weighted by Gasteiger charge is -2.38. The molecule has 1 heterocycles. The van der Waals surface area contributed by atoms with Crippen molar-refractivity contribution in [2.24, 2.45) is 5.92 Å². The minimum Gasteiger partial charge on any atom is -0.447 e. The van der Waals surface area contributed by atoms with Gasteiger partial charge in [-0.1, -0.05) is 13.8 Å². The summed E-state index contributed by atoms with van der Waals surface area (Å²) >= 11 is 0. The fraction of sp³-hybridized carbons (Fsp3) is 0.917. The number of ether oxygens (including phenoxy) is 1. The van der Waals surface area contributed by atoms with Crippen molar-refractivity contribution in [3.8, 4) is 0 Å². The van der Waals surface area contributed by atoms with Gasteiger partial charge in [0.05, 0.1) is 6.10 Å². The predicted molar refractivity (Wildman–Crippen MR) is 60.8 cm³/mol. The molecule has 1 amide bonds. The molecule has 0 saturated carbocycles. The van der Waals surface area contributed by atoms with E-state index >= 15 is 0 Å². The second-order valence-corrected chi connectivity index (χ2v) is 5.20. The van der Waals surface area contributed by atoms with Crippen molar-refractivity contribution in [3.63, 3.8) is 0 Å². The SMILES string of the molecule is CC(C)OC(=O)N1CCC[C@@]1(C)C(C)C.